The molecule has 0 aromatic heterocycles. The fraction of sp³-hybridized carbons (Fsp3) is 0.938. The Labute approximate surface area is 124 Å². The van der Waals surface area contributed by atoms with Gasteiger partial charge in [-0.15, -0.1) is 0 Å². The number of amides is 1. The van der Waals surface area contributed by atoms with Crippen LogP contribution in [0.25, 0.3) is 0 Å². The predicted octanol–water partition coefficient (Wildman–Crippen LogP) is 1.95. The highest BCUT2D eigenvalue weighted by Crippen LogP contribution is 2.20. The second-order valence-electron chi connectivity index (χ2n) is 6.21. The van der Waals surface area contributed by atoms with Crippen molar-refractivity contribution < 1.29 is 4.79 Å². The Morgan fingerprint density at radius 1 is 1.35 bits per heavy atom. The highest BCUT2D eigenvalue weighted by atomic mass is 16.2. The Morgan fingerprint density at radius 3 is 2.70 bits per heavy atom. The summed E-state index contributed by atoms with van der Waals surface area (Å²) >= 11 is 0. The van der Waals surface area contributed by atoms with Gasteiger partial charge in [-0.3, -0.25) is 4.79 Å². The van der Waals surface area contributed by atoms with E-state index in [1.807, 2.05) is 14.1 Å². The van der Waals surface area contributed by atoms with Crippen molar-refractivity contribution in [1.82, 2.24) is 15.1 Å². The number of rotatable bonds is 8. The molecule has 0 aromatic carbocycles. The molecular formula is C16H33N3O. The Morgan fingerprint density at radius 2 is 2.10 bits per heavy atom. The minimum absolute atomic E-state index is 0.247. The molecule has 0 saturated carbocycles. The van der Waals surface area contributed by atoms with Gasteiger partial charge < -0.3 is 15.1 Å². The maximum atomic E-state index is 11.6. The van der Waals surface area contributed by atoms with Crippen LogP contribution in [0.5, 0.6) is 0 Å². The fourth-order valence-corrected chi connectivity index (χ4v) is 3.00. The second-order valence-corrected chi connectivity index (χ2v) is 6.21. The zero-order valence-electron chi connectivity index (χ0n) is 13.8. The number of hydrogen-bond acceptors (Lipinski definition) is 3. The lowest BCUT2D eigenvalue weighted by atomic mass is 9.89. The van der Waals surface area contributed by atoms with Gasteiger partial charge in [0, 0.05) is 33.1 Å². The predicted molar refractivity (Wildman–Crippen MR) is 84.8 cm³/mol. The second kappa shape index (κ2) is 9.35. The summed E-state index contributed by atoms with van der Waals surface area (Å²) in [7, 11) is 3.67. The number of carbonyl (C=O) groups excluding carboxylic acids is 1. The topological polar surface area (TPSA) is 35.6 Å². The zero-order chi connectivity index (χ0) is 15.0. The average molecular weight is 283 g/mol. The molecule has 2 atom stereocenters. The van der Waals surface area contributed by atoms with Crippen LogP contribution in [0.2, 0.25) is 0 Å². The summed E-state index contributed by atoms with van der Waals surface area (Å²) in [5.74, 6) is 1.01. The molecule has 20 heavy (non-hydrogen) atoms. The van der Waals surface area contributed by atoms with E-state index in [1.54, 1.807) is 4.90 Å². The normalized spacial score (nSPS) is 23.8. The van der Waals surface area contributed by atoms with Crippen LogP contribution in [0, 0.1) is 5.92 Å². The van der Waals surface area contributed by atoms with E-state index in [9.17, 15) is 4.79 Å². The first-order valence-electron chi connectivity index (χ1n) is 8.24. The van der Waals surface area contributed by atoms with Crippen LogP contribution in [-0.4, -0.2) is 62.0 Å². The van der Waals surface area contributed by atoms with E-state index in [-0.39, 0.29) is 5.91 Å². The van der Waals surface area contributed by atoms with Crippen LogP contribution in [0.3, 0.4) is 0 Å². The van der Waals surface area contributed by atoms with Crippen LogP contribution in [0.1, 0.15) is 46.0 Å². The summed E-state index contributed by atoms with van der Waals surface area (Å²) in [6, 6.07) is 0.694. The lowest BCUT2D eigenvalue weighted by Gasteiger charge is -2.39. The SMILES string of the molecule is CCCNC1CCN(CCCC(=O)N(C)C)CC1CC. The number of piperidine rings is 1. The van der Waals surface area contributed by atoms with Crippen LogP contribution >= 0.6 is 0 Å². The molecule has 1 rings (SSSR count). The third-order valence-corrected chi connectivity index (χ3v) is 4.36. The third kappa shape index (κ3) is 5.80. The van der Waals surface area contributed by atoms with Gasteiger partial charge in [-0.2, -0.15) is 0 Å². The molecule has 118 valence electrons. The van der Waals surface area contributed by atoms with Gasteiger partial charge >= 0.3 is 0 Å². The van der Waals surface area contributed by atoms with Gasteiger partial charge in [0.15, 0.2) is 0 Å². The average Bonchev–Trinajstić information content (AvgIpc) is 2.45. The summed E-state index contributed by atoms with van der Waals surface area (Å²) in [5, 5.41) is 3.69. The van der Waals surface area contributed by atoms with Crippen molar-refractivity contribution in [2.24, 2.45) is 5.92 Å². The van der Waals surface area contributed by atoms with Crippen LogP contribution < -0.4 is 5.32 Å². The summed E-state index contributed by atoms with van der Waals surface area (Å²) in [4.78, 5) is 15.8. The van der Waals surface area contributed by atoms with Crippen LogP contribution in [0.15, 0.2) is 0 Å². The van der Waals surface area contributed by atoms with Crippen molar-refractivity contribution in [1.29, 1.82) is 0 Å². The maximum absolute atomic E-state index is 11.6. The molecular weight excluding hydrogens is 250 g/mol. The number of hydrogen-bond donors (Lipinski definition) is 1. The molecule has 1 heterocycles. The molecule has 0 aliphatic carbocycles. The number of nitrogens with zero attached hydrogens (tertiary/aromatic N) is 2. The van der Waals surface area contributed by atoms with E-state index in [4.69, 9.17) is 0 Å². The van der Waals surface area contributed by atoms with Crippen molar-refractivity contribution in [3.8, 4) is 0 Å². The molecule has 2 unspecified atom stereocenters. The minimum atomic E-state index is 0.247. The quantitative estimate of drug-likeness (QED) is 0.739. The summed E-state index contributed by atoms with van der Waals surface area (Å²) in [6.07, 6.45) is 5.37. The molecule has 0 radical (unpaired) electrons. The largest absolute Gasteiger partial charge is 0.349 e. The first-order chi connectivity index (χ1) is 9.58. The lowest BCUT2D eigenvalue weighted by Crippen LogP contribution is -2.49. The van der Waals surface area contributed by atoms with Crippen molar-refractivity contribution >= 4 is 5.91 Å². The first-order valence-corrected chi connectivity index (χ1v) is 8.24. The smallest absolute Gasteiger partial charge is 0.222 e. The van der Waals surface area contributed by atoms with Gasteiger partial charge in [0.25, 0.3) is 0 Å². The molecule has 0 spiro atoms. The molecule has 1 fully saturated rings. The third-order valence-electron chi connectivity index (χ3n) is 4.36. The first kappa shape index (κ1) is 17.4. The number of nitrogens with one attached hydrogen (secondary N) is 1. The van der Waals surface area contributed by atoms with E-state index in [0.717, 1.165) is 25.4 Å². The van der Waals surface area contributed by atoms with Crippen molar-refractivity contribution in [3.05, 3.63) is 0 Å². The van der Waals surface area contributed by atoms with Crippen LogP contribution in [-0.2, 0) is 4.79 Å². The van der Waals surface area contributed by atoms with Gasteiger partial charge in [-0.25, -0.2) is 0 Å². The molecule has 1 saturated heterocycles. The Kier molecular flexibility index (Phi) is 8.15. The maximum Gasteiger partial charge on any atom is 0.222 e. The van der Waals surface area contributed by atoms with Crippen LogP contribution in [0.4, 0.5) is 0 Å². The summed E-state index contributed by atoms with van der Waals surface area (Å²) in [5.41, 5.74) is 0. The standard InChI is InChI=1S/C16H33N3O/c1-5-10-17-15-9-12-19(13-14(15)6-2)11-7-8-16(20)18(3)4/h14-15,17H,5-13H2,1-4H3. The summed E-state index contributed by atoms with van der Waals surface area (Å²) in [6.45, 7) is 9.09. The highest BCUT2D eigenvalue weighted by Gasteiger charge is 2.27. The molecule has 1 N–H and O–H groups in total. The molecule has 1 aliphatic rings. The molecule has 4 heteroatoms. The molecule has 1 amide bonds. The van der Waals surface area contributed by atoms with Crippen molar-refractivity contribution in [2.45, 2.75) is 52.0 Å². The zero-order valence-corrected chi connectivity index (χ0v) is 13.8. The molecule has 4 nitrogen and oxygen atoms in total. The molecule has 0 bridgehead atoms. The van der Waals surface area contributed by atoms with E-state index in [0.29, 0.717) is 12.5 Å². The van der Waals surface area contributed by atoms with Gasteiger partial charge in [0.1, 0.15) is 0 Å². The molecule has 1 aliphatic heterocycles. The Hall–Kier alpha value is -0.610. The van der Waals surface area contributed by atoms with Crippen molar-refractivity contribution in [3.63, 3.8) is 0 Å². The van der Waals surface area contributed by atoms with Crippen molar-refractivity contribution in [2.75, 3.05) is 40.3 Å². The van der Waals surface area contributed by atoms with Gasteiger partial charge in [-0.05, 0) is 44.8 Å². The van der Waals surface area contributed by atoms with Gasteiger partial charge in [0.2, 0.25) is 5.91 Å². The number of likely N-dealkylation sites (tertiary alicyclic amines) is 1. The van der Waals surface area contributed by atoms with Gasteiger partial charge in [0.05, 0.1) is 0 Å². The minimum Gasteiger partial charge on any atom is -0.349 e. The highest BCUT2D eigenvalue weighted by molar-refractivity contribution is 5.75. The Bertz CT molecular complexity index is 281. The van der Waals surface area contributed by atoms with E-state index < -0.39 is 0 Å². The monoisotopic (exact) mass is 283 g/mol. The van der Waals surface area contributed by atoms with Gasteiger partial charge in [-0.1, -0.05) is 20.3 Å². The Balaban J connectivity index is 2.28. The summed E-state index contributed by atoms with van der Waals surface area (Å²) < 4.78 is 0. The van der Waals surface area contributed by atoms with E-state index in [2.05, 4.69) is 24.1 Å². The van der Waals surface area contributed by atoms with E-state index >= 15 is 0 Å². The number of carbonyl (C=O) groups is 1. The lowest BCUT2D eigenvalue weighted by molar-refractivity contribution is -0.128. The molecule has 0 aromatic rings. The van der Waals surface area contributed by atoms with E-state index in [1.165, 1.54) is 32.4 Å². The fourth-order valence-electron chi connectivity index (χ4n) is 3.00.